The molecule has 0 bridgehead atoms. The normalized spacial score (nSPS) is 11.1. The van der Waals surface area contributed by atoms with Crippen LogP contribution in [0, 0.1) is 0 Å². The van der Waals surface area contributed by atoms with Crippen molar-refractivity contribution in [1.82, 2.24) is 0 Å². The van der Waals surface area contributed by atoms with E-state index in [1.165, 1.54) is 54.9 Å². The van der Waals surface area contributed by atoms with Crippen LogP contribution in [-0.2, 0) is 0 Å². The highest BCUT2D eigenvalue weighted by molar-refractivity contribution is 6.30. The van der Waals surface area contributed by atoms with Gasteiger partial charge in [-0.25, -0.2) is 0 Å². The summed E-state index contributed by atoms with van der Waals surface area (Å²) in [6, 6.07) is 129. The number of anilines is 9. The second-order valence-electron chi connectivity index (χ2n) is 22.5. The first-order valence-corrected chi connectivity index (χ1v) is 31.1. The molecule has 91 heavy (non-hydrogen) atoms. The van der Waals surface area contributed by atoms with Crippen LogP contribution in [0.15, 0.2) is 368 Å². The van der Waals surface area contributed by atoms with E-state index >= 15 is 0 Å². The molecule has 1 heterocycles. The fourth-order valence-electron chi connectivity index (χ4n) is 12.6. The maximum Gasteiger partial charge on any atom is 0.135 e. The molecule has 0 spiro atoms. The predicted molar refractivity (Wildman–Crippen MR) is 386 cm³/mol. The van der Waals surface area contributed by atoms with Gasteiger partial charge in [0.1, 0.15) is 11.2 Å². The summed E-state index contributed by atoms with van der Waals surface area (Å²) in [6.07, 6.45) is 0. The molecule has 16 rings (SSSR count). The molecule has 0 aliphatic rings. The lowest BCUT2D eigenvalue weighted by atomic mass is 9.96. The summed E-state index contributed by atoms with van der Waals surface area (Å²) in [5.74, 6) is 0. The zero-order valence-corrected chi connectivity index (χ0v) is 50.5. The second-order valence-corrected chi connectivity index (χ2v) is 23.0. The molecular weight excluding hydrogens is 1130 g/mol. The van der Waals surface area contributed by atoms with Gasteiger partial charge in [0.15, 0.2) is 0 Å². The van der Waals surface area contributed by atoms with Crippen molar-refractivity contribution < 1.29 is 4.42 Å². The number of hydrogen-bond donors (Lipinski definition) is 0. The summed E-state index contributed by atoms with van der Waals surface area (Å²) in [5.41, 5.74) is 21.3. The summed E-state index contributed by atoms with van der Waals surface area (Å²) < 4.78 is 6.17. The van der Waals surface area contributed by atoms with Crippen LogP contribution < -0.4 is 14.7 Å². The molecule has 16 aromatic rings. The first-order valence-electron chi connectivity index (χ1n) is 30.7. The smallest absolute Gasteiger partial charge is 0.135 e. The van der Waals surface area contributed by atoms with Gasteiger partial charge in [-0.2, -0.15) is 0 Å². The molecule has 0 saturated heterocycles. The molecule has 1 aromatic heterocycles. The van der Waals surface area contributed by atoms with E-state index in [0.717, 1.165) is 89.3 Å². The van der Waals surface area contributed by atoms with Crippen LogP contribution in [0.5, 0.6) is 0 Å². The average molecular weight is 1190 g/mol. The number of rotatable bonds is 13. The molecule has 0 saturated carbocycles. The van der Waals surface area contributed by atoms with E-state index in [2.05, 4.69) is 348 Å². The van der Waals surface area contributed by atoms with Crippen molar-refractivity contribution in [3.63, 3.8) is 0 Å². The third-order valence-electron chi connectivity index (χ3n) is 17.0. The fraction of sp³-hybridized carbons (Fsp3) is 0. The van der Waals surface area contributed by atoms with Crippen molar-refractivity contribution in [3.05, 3.63) is 369 Å². The van der Waals surface area contributed by atoms with E-state index in [1.807, 2.05) is 30.3 Å². The lowest BCUT2D eigenvalue weighted by Crippen LogP contribution is -2.10. The number of para-hydroxylation sites is 4. The first kappa shape index (κ1) is 55.9. The van der Waals surface area contributed by atoms with Gasteiger partial charge in [0.2, 0.25) is 0 Å². The SMILES string of the molecule is Clc1ccc(-c2ccc(N(c3ccccc3)c3ccc(-c4ccccc4)cc3)c3ccccc23)cc1.c1ccc(-c2ccc(N(c3ccccc3)c3ccc(-c4ccc(N(c5ccccc5)c5ccc6oc7ccccc7c6c5)cc4)c4ccccc34)cc2)cc1. The van der Waals surface area contributed by atoms with Crippen molar-refractivity contribution in [3.8, 4) is 44.5 Å². The van der Waals surface area contributed by atoms with Crippen molar-refractivity contribution >= 4 is 106 Å². The molecular formula is C86H60ClN3O. The Morgan fingerprint density at radius 2 is 0.505 bits per heavy atom. The highest BCUT2D eigenvalue weighted by Gasteiger charge is 2.21. The Balaban J connectivity index is 0.000000166. The average Bonchev–Trinajstić information content (AvgIpc) is 1.46. The van der Waals surface area contributed by atoms with Crippen LogP contribution >= 0.6 is 11.6 Å². The van der Waals surface area contributed by atoms with Gasteiger partial charge in [-0.3, -0.25) is 0 Å². The molecule has 5 heteroatoms. The van der Waals surface area contributed by atoms with E-state index in [1.54, 1.807) is 0 Å². The molecule has 0 N–H and O–H groups in total. The van der Waals surface area contributed by atoms with Crippen molar-refractivity contribution in [1.29, 1.82) is 0 Å². The van der Waals surface area contributed by atoms with Gasteiger partial charge in [-0.1, -0.05) is 254 Å². The lowest BCUT2D eigenvalue weighted by Gasteiger charge is -2.28. The first-order chi connectivity index (χ1) is 45.1. The van der Waals surface area contributed by atoms with Gasteiger partial charge in [0.25, 0.3) is 0 Å². The lowest BCUT2D eigenvalue weighted by molar-refractivity contribution is 0.669. The maximum atomic E-state index is 6.17. The summed E-state index contributed by atoms with van der Waals surface area (Å²) in [6.45, 7) is 0. The Morgan fingerprint density at radius 3 is 0.956 bits per heavy atom. The zero-order valence-electron chi connectivity index (χ0n) is 49.8. The summed E-state index contributed by atoms with van der Waals surface area (Å²) in [4.78, 5) is 7.01. The highest BCUT2D eigenvalue weighted by atomic mass is 35.5. The summed E-state index contributed by atoms with van der Waals surface area (Å²) in [5, 5.41) is 7.76. The van der Waals surface area contributed by atoms with Crippen molar-refractivity contribution in [2.24, 2.45) is 0 Å². The molecule has 4 nitrogen and oxygen atoms in total. The molecule has 0 amide bonds. The Labute approximate surface area is 535 Å². The molecule has 0 aliphatic heterocycles. The number of halogens is 1. The maximum absolute atomic E-state index is 6.17. The van der Waals surface area contributed by atoms with Crippen molar-refractivity contribution in [2.45, 2.75) is 0 Å². The van der Waals surface area contributed by atoms with Crippen LogP contribution in [0.1, 0.15) is 0 Å². The van der Waals surface area contributed by atoms with Crippen LogP contribution in [0.4, 0.5) is 51.2 Å². The summed E-state index contributed by atoms with van der Waals surface area (Å²) >= 11 is 6.16. The number of benzene rings is 15. The Kier molecular flexibility index (Phi) is 15.5. The number of hydrogen-bond acceptors (Lipinski definition) is 4. The van der Waals surface area contributed by atoms with E-state index < -0.39 is 0 Å². The number of fused-ring (bicyclic) bond motifs is 5. The van der Waals surface area contributed by atoms with E-state index in [4.69, 9.17) is 16.0 Å². The highest BCUT2D eigenvalue weighted by Crippen LogP contribution is 2.46. The van der Waals surface area contributed by atoms with Gasteiger partial charge >= 0.3 is 0 Å². The molecule has 0 radical (unpaired) electrons. The Morgan fingerprint density at radius 1 is 0.198 bits per heavy atom. The number of furan rings is 1. The molecule has 432 valence electrons. The fourth-order valence-corrected chi connectivity index (χ4v) is 12.8. The van der Waals surface area contributed by atoms with E-state index in [0.29, 0.717) is 0 Å². The van der Waals surface area contributed by atoms with E-state index in [9.17, 15) is 0 Å². The van der Waals surface area contributed by atoms with Crippen LogP contribution in [0.3, 0.4) is 0 Å². The van der Waals surface area contributed by atoms with Gasteiger partial charge in [0, 0.05) is 66.4 Å². The Bertz CT molecular complexity index is 5140. The standard InChI is InChI=1S/C52H36N2O.C34H24ClN/c1-4-14-37(15-5-1)38-24-28-43(29-25-38)54(41-18-8-3-9-19-41)50-34-33-45(46-20-10-11-21-47(46)50)39-26-30-42(31-27-39)53(40-16-6-2-7-17-40)44-32-35-52-49(36-44)48-22-12-13-23-51(48)55-52;35-28-19-15-27(16-20-28)31-23-24-34(33-14-8-7-13-32(31)33)36(29-11-5-2-6-12-29)30-21-17-26(18-22-30)25-9-3-1-4-10-25/h1-36H;1-24H. The molecule has 0 unspecified atom stereocenters. The second kappa shape index (κ2) is 25.2. The molecule has 0 aliphatic carbocycles. The van der Waals surface area contributed by atoms with Gasteiger partial charge in [-0.05, 0) is 177 Å². The third-order valence-corrected chi connectivity index (χ3v) is 17.3. The zero-order chi connectivity index (χ0) is 60.9. The minimum Gasteiger partial charge on any atom is -0.456 e. The minimum atomic E-state index is 0.744. The Hall–Kier alpha value is -11.7. The molecule has 0 fully saturated rings. The molecule has 15 aromatic carbocycles. The predicted octanol–water partition coefficient (Wildman–Crippen LogP) is 25.3. The number of nitrogens with zero attached hydrogens (tertiary/aromatic N) is 3. The van der Waals surface area contributed by atoms with Gasteiger partial charge in [0.05, 0.1) is 11.4 Å². The van der Waals surface area contributed by atoms with Crippen LogP contribution in [-0.4, -0.2) is 0 Å². The van der Waals surface area contributed by atoms with Crippen LogP contribution in [0.25, 0.3) is 88.0 Å². The van der Waals surface area contributed by atoms with Crippen LogP contribution in [0.2, 0.25) is 5.02 Å². The van der Waals surface area contributed by atoms with Crippen molar-refractivity contribution in [2.75, 3.05) is 14.7 Å². The topological polar surface area (TPSA) is 22.9 Å². The quantitative estimate of drug-likeness (QED) is 0.115. The van der Waals surface area contributed by atoms with Gasteiger partial charge in [-0.15, -0.1) is 0 Å². The third kappa shape index (κ3) is 11.4. The summed E-state index contributed by atoms with van der Waals surface area (Å²) in [7, 11) is 0. The minimum absolute atomic E-state index is 0.744. The van der Waals surface area contributed by atoms with Gasteiger partial charge < -0.3 is 19.1 Å². The van der Waals surface area contributed by atoms with E-state index in [-0.39, 0.29) is 0 Å². The largest absolute Gasteiger partial charge is 0.456 e. The monoisotopic (exact) mass is 1190 g/mol. The molecule has 0 atom stereocenters.